The molecule has 0 atom stereocenters. The molecule has 0 aromatic heterocycles. The van der Waals surface area contributed by atoms with Crippen molar-refractivity contribution >= 4 is 49.2 Å². The summed E-state index contributed by atoms with van der Waals surface area (Å²) in [6.07, 6.45) is 0. The first-order valence-electron chi connectivity index (χ1n) is 8.96. The monoisotopic (exact) mass is 543 g/mol. The van der Waals surface area contributed by atoms with Gasteiger partial charge in [-0.05, 0) is 41.5 Å². The minimum absolute atomic E-state index is 0.0904. The Morgan fingerprint density at radius 3 is 2.56 bits per heavy atom. The van der Waals surface area contributed by atoms with Crippen LogP contribution in [0.5, 0.6) is 5.75 Å². The Labute approximate surface area is 195 Å². The highest BCUT2D eigenvalue weighted by Crippen LogP contribution is 2.38. The fourth-order valence-corrected chi connectivity index (χ4v) is 5.26. The molecule has 1 aliphatic heterocycles. The number of halogens is 4. The third kappa shape index (κ3) is 4.05. The van der Waals surface area contributed by atoms with Gasteiger partial charge in [-0.2, -0.15) is 0 Å². The lowest BCUT2D eigenvalue weighted by molar-refractivity contribution is 0.0473. The van der Waals surface area contributed by atoms with Crippen LogP contribution >= 0.6 is 27.5 Å². The zero-order valence-electron chi connectivity index (χ0n) is 16.2. The van der Waals surface area contributed by atoms with Gasteiger partial charge >= 0.3 is 5.97 Å². The highest BCUT2D eigenvalue weighted by Gasteiger charge is 2.27. The molecule has 1 aliphatic rings. The van der Waals surface area contributed by atoms with E-state index >= 15 is 0 Å². The zero-order chi connectivity index (χ0) is 23.2. The van der Waals surface area contributed by atoms with E-state index in [0.717, 1.165) is 12.1 Å². The van der Waals surface area contributed by atoms with Gasteiger partial charge in [0.2, 0.25) is 0 Å². The molecule has 0 saturated heterocycles. The van der Waals surface area contributed by atoms with E-state index in [-0.39, 0.29) is 34.1 Å². The lowest BCUT2D eigenvalue weighted by Gasteiger charge is -2.15. The number of methoxy groups -OCH3 is 1. The molecule has 4 bridgehead atoms. The Morgan fingerprint density at radius 1 is 1.09 bits per heavy atom. The van der Waals surface area contributed by atoms with Gasteiger partial charge < -0.3 is 9.47 Å². The van der Waals surface area contributed by atoms with E-state index in [4.69, 9.17) is 21.1 Å². The third-order valence-corrected chi connectivity index (χ3v) is 6.91. The molecule has 4 rings (SSSR count). The molecule has 11 heteroatoms. The number of hydrogen-bond donors (Lipinski definition) is 1. The van der Waals surface area contributed by atoms with Crippen molar-refractivity contribution in [2.75, 3.05) is 11.8 Å². The first-order valence-corrected chi connectivity index (χ1v) is 11.6. The number of esters is 1. The van der Waals surface area contributed by atoms with E-state index in [0.29, 0.717) is 16.1 Å². The number of rotatable bonds is 1. The lowest BCUT2D eigenvalue weighted by atomic mass is 9.99. The highest BCUT2D eigenvalue weighted by molar-refractivity contribution is 9.10. The molecule has 0 radical (unpaired) electrons. The molecule has 166 valence electrons. The Kier molecular flexibility index (Phi) is 5.87. The van der Waals surface area contributed by atoms with Crippen LogP contribution < -0.4 is 9.46 Å². The van der Waals surface area contributed by atoms with E-state index in [1.54, 1.807) is 18.2 Å². The summed E-state index contributed by atoms with van der Waals surface area (Å²) in [4.78, 5) is 12.1. The molecule has 0 spiro atoms. The Bertz CT molecular complexity index is 1380. The number of sulfonamides is 1. The molecule has 1 N–H and O–H groups in total. The standard InChI is InChI=1S/C21H13BrClF2NO5S/c1-30-20-15(23)4-11-5-19(20)32(28,29)26-18-7-14(16(24)8-17(18)25)13-6-12(22)3-2-10(13)9-31-21(11)27/h2-8,26H,9H2,1H3. The van der Waals surface area contributed by atoms with Crippen molar-refractivity contribution < 1.29 is 31.5 Å². The predicted molar refractivity (Wildman–Crippen MR) is 117 cm³/mol. The molecule has 3 aromatic carbocycles. The summed E-state index contributed by atoms with van der Waals surface area (Å²) in [5.74, 6) is -3.17. The van der Waals surface area contributed by atoms with Crippen molar-refractivity contribution in [1.82, 2.24) is 0 Å². The summed E-state index contributed by atoms with van der Waals surface area (Å²) in [6.45, 7) is -0.257. The van der Waals surface area contributed by atoms with Gasteiger partial charge in [-0.25, -0.2) is 22.0 Å². The van der Waals surface area contributed by atoms with E-state index in [2.05, 4.69) is 20.7 Å². The number of benzene rings is 3. The maximum absolute atomic E-state index is 14.7. The Morgan fingerprint density at radius 2 is 1.84 bits per heavy atom. The number of nitrogens with one attached hydrogen (secondary N) is 1. The highest BCUT2D eigenvalue weighted by atomic mass is 79.9. The van der Waals surface area contributed by atoms with Gasteiger partial charge in [0.05, 0.1) is 23.4 Å². The number of carbonyl (C=O) groups excluding carboxylic acids is 1. The molecular weight excluding hydrogens is 532 g/mol. The van der Waals surface area contributed by atoms with Gasteiger partial charge in [0.25, 0.3) is 10.0 Å². The second-order valence-electron chi connectivity index (χ2n) is 6.78. The largest absolute Gasteiger partial charge is 0.494 e. The maximum Gasteiger partial charge on any atom is 0.338 e. The molecular formula is C21H13BrClF2NO5S. The number of hydrogen-bond acceptors (Lipinski definition) is 5. The first-order chi connectivity index (χ1) is 15.1. The van der Waals surface area contributed by atoms with E-state index < -0.39 is 38.2 Å². The van der Waals surface area contributed by atoms with Gasteiger partial charge in [0, 0.05) is 16.1 Å². The van der Waals surface area contributed by atoms with Gasteiger partial charge in [-0.3, -0.25) is 4.72 Å². The molecule has 3 aromatic rings. The van der Waals surface area contributed by atoms with Crippen LogP contribution in [0.15, 0.2) is 51.8 Å². The molecule has 0 saturated carbocycles. The molecule has 0 unspecified atom stereocenters. The number of ether oxygens (including phenoxy) is 2. The van der Waals surface area contributed by atoms with Crippen LogP contribution in [-0.4, -0.2) is 21.5 Å². The van der Waals surface area contributed by atoms with Crippen LogP contribution in [0, 0.1) is 11.6 Å². The number of fused-ring (bicyclic) bond motifs is 6. The van der Waals surface area contributed by atoms with Gasteiger partial charge in [0.15, 0.2) is 5.75 Å². The average Bonchev–Trinajstić information content (AvgIpc) is 2.73. The maximum atomic E-state index is 14.7. The second kappa shape index (κ2) is 8.34. The topological polar surface area (TPSA) is 81.7 Å². The van der Waals surface area contributed by atoms with Gasteiger partial charge in [0.1, 0.15) is 23.1 Å². The average molecular weight is 545 g/mol. The van der Waals surface area contributed by atoms with Crippen LogP contribution in [-0.2, 0) is 21.4 Å². The molecule has 6 nitrogen and oxygen atoms in total. The van der Waals surface area contributed by atoms with Gasteiger partial charge in [-0.15, -0.1) is 0 Å². The van der Waals surface area contributed by atoms with E-state index in [1.807, 2.05) is 0 Å². The molecule has 32 heavy (non-hydrogen) atoms. The van der Waals surface area contributed by atoms with Crippen molar-refractivity contribution in [3.05, 3.63) is 74.7 Å². The summed E-state index contributed by atoms with van der Waals surface area (Å²) >= 11 is 9.42. The van der Waals surface area contributed by atoms with E-state index in [1.165, 1.54) is 13.2 Å². The van der Waals surface area contributed by atoms with Crippen LogP contribution in [0.25, 0.3) is 11.1 Å². The second-order valence-corrected chi connectivity index (χ2v) is 9.76. The fraction of sp³-hybridized carbons (Fsp3) is 0.0952. The molecule has 0 aliphatic carbocycles. The minimum atomic E-state index is -4.51. The van der Waals surface area contributed by atoms with Crippen molar-refractivity contribution in [3.63, 3.8) is 0 Å². The van der Waals surface area contributed by atoms with Gasteiger partial charge in [-0.1, -0.05) is 33.6 Å². The molecule has 0 fully saturated rings. The first kappa shape index (κ1) is 22.5. The van der Waals surface area contributed by atoms with Crippen LogP contribution in [0.4, 0.5) is 14.5 Å². The summed E-state index contributed by atoms with van der Waals surface area (Å²) < 4.78 is 68.5. The summed E-state index contributed by atoms with van der Waals surface area (Å²) in [5, 5.41) is -0.165. The smallest absolute Gasteiger partial charge is 0.338 e. The summed E-state index contributed by atoms with van der Waals surface area (Å²) in [6, 6.07) is 8.64. The predicted octanol–water partition coefficient (Wildman–Crippen LogP) is 5.53. The van der Waals surface area contributed by atoms with Crippen molar-refractivity contribution in [2.24, 2.45) is 0 Å². The third-order valence-electron chi connectivity index (χ3n) is 4.76. The van der Waals surface area contributed by atoms with E-state index in [9.17, 15) is 22.0 Å². The quantitative estimate of drug-likeness (QED) is 0.408. The Hall–Kier alpha value is -2.69. The summed E-state index contributed by atoms with van der Waals surface area (Å²) in [7, 11) is -3.32. The summed E-state index contributed by atoms with van der Waals surface area (Å²) in [5.41, 5.74) is -0.0473. The lowest BCUT2D eigenvalue weighted by Crippen LogP contribution is -2.16. The number of anilines is 1. The number of carbonyl (C=O) groups is 1. The van der Waals surface area contributed by atoms with Crippen LogP contribution in [0.3, 0.4) is 0 Å². The fourth-order valence-electron chi connectivity index (χ4n) is 3.27. The van der Waals surface area contributed by atoms with Crippen molar-refractivity contribution in [2.45, 2.75) is 11.5 Å². The number of cyclic esters (lactones) is 1. The Balaban J connectivity index is 2.03. The SMILES string of the molecule is COc1c(Cl)cc2cc1S(=O)(=O)Nc1cc(c(F)cc1F)-c1cc(Br)ccc1COC2=O. The van der Waals surface area contributed by atoms with Crippen molar-refractivity contribution in [1.29, 1.82) is 0 Å². The molecule has 0 amide bonds. The minimum Gasteiger partial charge on any atom is -0.494 e. The van der Waals surface area contributed by atoms with Crippen molar-refractivity contribution in [3.8, 4) is 16.9 Å². The van der Waals surface area contributed by atoms with Crippen LogP contribution in [0.1, 0.15) is 15.9 Å². The van der Waals surface area contributed by atoms with Crippen LogP contribution in [0.2, 0.25) is 5.02 Å². The normalized spacial score (nSPS) is 14.7. The molecule has 1 heterocycles. The zero-order valence-corrected chi connectivity index (χ0v) is 19.4.